The summed E-state index contributed by atoms with van der Waals surface area (Å²) in [5.74, 6) is -0.518. The second-order valence-corrected chi connectivity index (χ2v) is 18.1. The maximum atomic E-state index is 14.1. The van der Waals surface area contributed by atoms with Crippen LogP contribution >= 0.6 is 0 Å². The lowest BCUT2D eigenvalue weighted by molar-refractivity contribution is -0.300. The Bertz CT molecular complexity index is 1240. The van der Waals surface area contributed by atoms with E-state index in [0.717, 1.165) is 38.5 Å². The molecular weight excluding hydrogens is 624 g/mol. The van der Waals surface area contributed by atoms with Crippen LogP contribution in [0.1, 0.15) is 99.3 Å². The van der Waals surface area contributed by atoms with E-state index in [9.17, 15) is 50.8 Å². The minimum Gasteiger partial charge on any atom is -0.432 e. The van der Waals surface area contributed by atoms with Crippen LogP contribution in [0.2, 0.25) is 0 Å². The van der Waals surface area contributed by atoms with Crippen molar-refractivity contribution in [3.63, 3.8) is 0 Å². The molecule has 5 saturated carbocycles. The van der Waals surface area contributed by atoms with Crippen LogP contribution < -0.4 is 0 Å². The highest BCUT2D eigenvalue weighted by atomic mass is 16.7. The van der Waals surface area contributed by atoms with Crippen molar-refractivity contribution in [1.82, 2.24) is 0 Å². The van der Waals surface area contributed by atoms with Crippen molar-refractivity contribution in [2.45, 2.75) is 160 Å². The number of carbonyl (C=O) groups is 1. The molecule has 0 aromatic heterocycles. The van der Waals surface area contributed by atoms with Crippen molar-refractivity contribution < 1.29 is 60.2 Å². The molecular formula is C36H60O12. The van der Waals surface area contributed by atoms with Crippen molar-refractivity contribution in [3.8, 4) is 0 Å². The molecule has 1 aliphatic heterocycles. The number of carbonyl (C=O) groups excluding carboxylic acids is 1. The lowest BCUT2D eigenvalue weighted by atomic mass is 9.41. The molecule has 12 nitrogen and oxygen atoms in total. The molecule has 9 N–H and O–H groups in total. The molecule has 0 bridgehead atoms. The lowest BCUT2D eigenvalue weighted by Gasteiger charge is -2.63. The van der Waals surface area contributed by atoms with Gasteiger partial charge in [0.15, 0.2) is 0 Å². The molecule has 6 rings (SSSR count). The molecule has 0 radical (unpaired) electrons. The summed E-state index contributed by atoms with van der Waals surface area (Å²) in [6.07, 6.45) is -6.02. The Hall–Kier alpha value is -0.930. The second-order valence-electron chi connectivity index (χ2n) is 18.1. The fraction of sp³-hybridized carbons (Fsp3) is 0.972. The van der Waals surface area contributed by atoms with E-state index in [-0.39, 0.29) is 34.5 Å². The first-order chi connectivity index (χ1) is 22.2. The van der Waals surface area contributed by atoms with Gasteiger partial charge in [0.05, 0.1) is 35.9 Å². The van der Waals surface area contributed by atoms with Crippen LogP contribution in [0.4, 0.5) is 0 Å². The largest absolute Gasteiger partial charge is 0.432 e. The highest BCUT2D eigenvalue weighted by Gasteiger charge is 2.86. The van der Waals surface area contributed by atoms with Crippen LogP contribution in [0.5, 0.6) is 0 Å². The first-order valence-electron chi connectivity index (χ1n) is 18.1. The van der Waals surface area contributed by atoms with Crippen LogP contribution in [0.25, 0.3) is 0 Å². The van der Waals surface area contributed by atoms with Crippen LogP contribution in [-0.4, -0.2) is 119 Å². The van der Waals surface area contributed by atoms with Gasteiger partial charge in [0.2, 0.25) is 6.29 Å². The molecule has 5 aliphatic carbocycles. The molecule has 48 heavy (non-hydrogen) atoms. The average molecular weight is 685 g/mol. The van der Waals surface area contributed by atoms with Gasteiger partial charge < -0.3 is 55.4 Å². The van der Waals surface area contributed by atoms with Crippen LogP contribution in [-0.2, 0) is 14.3 Å². The number of ether oxygens (including phenoxy) is 2. The Balaban J connectivity index is 1.24. The zero-order valence-corrected chi connectivity index (χ0v) is 29.3. The van der Waals surface area contributed by atoms with E-state index in [1.807, 2.05) is 0 Å². The highest BCUT2D eigenvalue weighted by molar-refractivity contribution is 5.78. The summed E-state index contributed by atoms with van der Waals surface area (Å²) in [6.45, 7) is 10.9. The molecule has 12 heteroatoms. The van der Waals surface area contributed by atoms with Crippen molar-refractivity contribution in [1.29, 1.82) is 0 Å². The lowest BCUT2D eigenvalue weighted by Crippen LogP contribution is -2.65. The quantitative estimate of drug-likeness (QED) is 0.161. The van der Waals surface area contributed by atoms with Gasteiger partial charge in [-0.05, 0) is 112 Å². The summed E-state index contributed by atoms with van der Waals surface area (Å²) >= 11 is 0. The monoisotopic (exact) mass is 684 g/mol. The van der Waals surface area contributed by atoms with Gasteiger partial charge in [-0.25, -0.2) is 0 Å². The van der Waals surface area contributed by atoms with Crippen LogP contribution in [0.15, 0.2) is 0 Å². The predicted molar refractivity (Wildman–Crippen MR) is 171 cm³/mol. The fourth-order valence-corrected chi connectivity index (χ4v) is 12.8. The first-order valence-corrected chi connectivity index (χ1v) is 18.1. The van der Waals surface area contributed by atoms with Gasteiger partial charge in [-0.1, -0.05) is 20.8 Å². The number of aliphatic hydroxyl groups is 9. The molecule has 18 atom stereocenters. The van der Waals surface area contributed by atoms with Crippen LogP contribution in [0, 0.1) is 50.7 Å². The van der Waals surface area contributed by atoms with Crippen molar-refractivity contribution in [2.24, 2.45) is 50.7 Å². The zero-order valence-electron chi connectivity index (χ0n) is 29.3. The molecule has 1 heterocycles. The molecule has 276 valence electrons. The van der Waals surface area contributed by atoms with Gasteiger partial charge in [-0.2, -0.15) is 0 Å². The van der Waals surface area contributed by atoms with Crippen molar-refractivity contribution in [3.05, 3.63) is 0 Å². The third-order valence-electron chi connectivity index (χ3n) is 15.8. The minimum atomic E-state index is -1.76. The molecule has 0 unspecified atom stereocenters. The first kappa shape index (κ1) is 36.8. The van der Waals surface area contributed by atoms with Gasteiger partial charge in [0.1, 0.15) is 30.5 Å². The van der Waals surface area contributed by atoms with Crippen molar-refractivity contribution >= 4 is 5.97 Å². The van der Waals surface area contributed by atoms with Crippen molar-refractivity contribution in [2.75, 3.05) is 6.61 Å². The maximum Gasteiger partial charge on any atom is 0.317 e. The van der Waals surface area contributed by atoms with E-state index in [1.165, 1.54) is 13.8 Å². The molecule has 0 aromatic rings. The molecule has 6 fully saturated rings. The Morgan fingerprint density at radius 2 is 1.54 bits per heavy atom. The summed E-state index contributed by atoms with van der Waals surface area (Å²) in [4.78, 5) is 14.1. The normalized spacial score (nSPS) is 53.4. The molecule has 1 saturated heterocycles. The van der Waals surface area contributed by atoms with E-state index in [0.29, 0.717) is 18.8 Å². The summed E-state index contributed by atoms with van der Waals surface area (Å²) in [5, 5.41) is 95.7. The van der Waals surface area contributed by atoms with E-state index in [1.54, 1.807) is 6.92 Å². The second kappa shape index (κ2) is 11.8. The Labute approximate surface area is 283 Å². The Morgan fingerprint density at radius 1 is 0.896 bits per heavy atom. The summed E-state index contributed by atoms with van der Waals surface area (Å²) in [7, 11) is 0. The number of esters is 1. The van der Waals surface area contributed by atoms with Gasteiger partial charge in [0, 0.05) is 11.8 Å². The zero-order chi connectivity index (χ0) is 35.6. The van der Waals surface area contributed by atoms with Gasteiger partial charge in [-0.3, -0.25) is 4.79 Å². The minimum absolute atomic E-state index is 0.000310. The number of fused-ring (bicyclic) bond motifs is 2. The maximum absolute atomic E-state index is 14.1. The third-order valence-corrected chi connectivity index (χ3v) is 15.8. The Kier molecular flexibility index (Phi) is 9.06. The standard InChI is InChI=1S/C36H60O12/c1-17(13-19(38)28(44)31(2,3)46)18-9-10-33(5)21-7-8-22-34(6,30(45)48-29-27(43)26(42)25(41)20(15-37)47-29)23(39)14-24(40)36(22)16-35(21,36)12-11-32(18,33)4/h17-29,37-44,46H,7-16H2,1-6H3/t17-,18+,19-,20+,21-,22+,23+,24-,25-,26-,27-,28+,29-,32-,33+,34+,35-,36+/m1/s1. The topological polar surface area (TPSA) is 218 Å². The number of hydrogen-bond donors (Lipinski definition) is 9. The summed E-state index contributed by atoms with van der Waals surface area (Å²) in [6, 6.07) is 0. The Morgan fingerprint density at radius 3 is 2.17 bits per heavy atom. The number of hydrogen-bond acceptors (Lipinski definition) is 12. The van der Waals surface area contributed by atoms with Gasteiger partial charge in [-0.15, -0.1) is 0 Å². The summed E-state index contributed by atoms with van der Waals surface area (Å²) in [5.41, 5.74) is -3.78. The van der Waals surface area contributed by atoms with E-state index < -0.39 is 90.0 Å². The highest BCUT2D eigenvalue weighted by Crippen LogP contribution is 2.89. The third kappa shape index (κ3) is 4.80. The molecule has 0 aromatic carbocycles. The molecule has 6 aliphatic rings. The smallest absolute Gasteiger partial charge is 0.317 e. The van der Waals surface area contributed by atoms with Crippen LogP contribution in [0.3, 0.4) is 0 Å². The average Bonchev–Trinajstić information content (AvgIpc) is 3.63. The molecule has 2 spiro atoms. The summed E-state index contributed by atoms with van der Waals surface area (Å²) < 4.78 is 11.2. The number of rotatable bonds is 8. The molecule has 0 amide bonds. The van der Waals surface area contributed by atoms with E-state index in [2.05, 4.69) is 20.8 Å². The predicted octanol–water partition coefficient (Wildman–Crippen LogP) is 0.599. The van der Waals surface area contributed by atoms with E-state index >= 15 is 0 Å². The number of aliphatic hydroxyl groups excluding tert-OH is 8. The SMILES string of the molecule is C[C@H](C[C@@H](O)[C@H](O)C(C)(C)O)[C@@H]1CC[C@@]2(C)[C@H]3CC[C@H]4[C@](C)(C(=O)O[C@H]5O[C@@H](CO)[C@@H](O)[C@@H](O)[C@H]5O)[C@@H](O)C[C@@H](O)[C@]45C[C@]35CC[C@]12C. The van der Waals surface area contributed by atoms with Gasteiger partial charge >= 0.3 is 5.97 Å². The fourth-order valence-electron chi connectivity index (χ4n) is 12.8. The van der Waals surface area contributed by atoms with E-state index in [4.69, 9.17) is 9.47 Å². The van der Waals surface area contributed by atoms with Gasteiger partial charge in [0.25, 0.3) is 0 Å².